The molecule has 0 saturated carbocycles. The number of hydrogen-bond acceptors (Lipinski definition) is 3. The largest absolute Gasteiger partial charge is 0.417 e. The van der Waals surface area contributed by atoms with Gasteiger partial charge >= 0.3 is 6.18 Å². The molecule has 0 fully saturated rings. The minimum atomic E-state index is -4.40. The molecule has 2 rings (SSSR count). The Morgan fingerprint density at radius 3 is 2.44 bits per heavy atom. The summed E-state index contributed by atoms with van der Waals surface area (Å²) in [5.41, 5.74) is 0.444. The van der Waals surface area contributed by atoms with Gasteiger partial charge in [0.2, 0.25) is 0 Å². The van der Waals surface area contributed by atoms with Crippen LogP contribution in [0.5, 0.6) is 0 Å². The Bertz CT molecular complexity index is 546. The van der Waals surface area contributed by atoms with Crippen molar-refractivity contribution in [1.82, 2.24) is 14.8 Å². The standard InChI is InChI=1S/C11H10F3N3O/c1-7-8(6-18)4-16-17(7)10-3-2-9(5-15-10)11(12,13)14/h2-5,18H,6H2,1H3. The Labute approximate surface area is 101 Å². The molecule has 0 amide bonds. The number of alkyl halides is 3. The van der Waals surface area contributed by atoms with E-state index in [-0.39, 0.29) is 12.4 Å². The number of aliphatic hydroxyl groups excluding tert-OH is 1. The molecule has 0 aliphatic heterocycles. The molecule has 0 aliphatic rings. The summed E-state index contributed by atoms with van der Waals surface area (Å²) in [6, 6.07) is 2.19. The summed E-state index contributed by atoms with van der Waals surface area (Å²) in [6.07, 6.45) is -2.19. The predicted octanol–water partition coefficient (Wildman–Crippen LogP) is 2.09. The van der Waals surface area contributed by atoms with Crippen LogP contribution >= 0.6 is 0 Å². The number of aliphatic hydroxyl groups is 1. The van der Waals surface area contributed by atoms with Gasteiger partial charge in [0.25, 0.3) is 0 Å². The van der Waals surface area contributed by atoms with Gasteiger partial charge in [-0.25, -0.2) is 9.67 Å². The molecule has 4 nitrogen and oxygen atoms in total. The maximum absolute atomic E-state index is 12.4. The smallest absolute Gasteiger partial charge is 0.392 e. The number of hydrogen-bond donors (Lipinski definition) is 1. The van der Waals surface area contributed by atoms with Crippen LogP contribution in [0.4, 0.5) is 13.2 Å². The average molecular weight is 257 g/mol. The second-order valence-electron chi connectivity index (χ2n) is 3.73. The normalized spacial score (nSPS) is 11.8. The van der Waals surface area contributed by atoms with Gasteiger partial charge in [-0.3, -0.25) is 0 Å². The number of aromatic nitrogens is 3. The summed E-state index contributed by atoms with van der Waals surface area (Å²) in [7, 11) is 0. The van der Waals surface area contributed by atoms with Crippen LogP contribution in [0.3, 0.4) is 0 Å². The topological polar surface area (TPSA) is 50.9 Å². The van der Waals surface area contributed by atoms with Crippen LogP contribution < -0.4 is 0 Å². The molecule has 0 radical (unpaired) electrons. The maximum Gasteiger partial charge on any atom is 0.417 e. The summed E-state index contributed by atoms with van der Waals surface area (Å²) in [6.45, 7) is 1.53. The number of pyridine rings is 1. The first-order valence-electron chi connectivity index (χ1n) is 5.11. The monoisotopic (exact) mass is 257 g/mol. The van der Waals surface area contributed by atoms with Crippen molar-refractivity contribution in [3.05, 3.63) is 41.3 Å². The minimum absolute atomic E-state index is 0.174. The number of rotatable bonds is 2. The zero-order valence-corrected chi connectivity index (χ0v) is 9.44. The first kappa shape index (κ1) is 12.6. The molecule has 0 atom stereocenters. The van der Waals surface area contributed by atoms with E-state index in [1.807, 2.05) is 0 Å². The van der Waals surface area contributed by atoms with Gasteiger partial charge in [0.05, 0.1) is 18.4 Å². The molecule has 18 heavy (non-hydrogen) atoms. The van der Waals surface area contributed by atoms with E-state index in [0.717, 1.165) is 12.3 Å². The quantitative estimate of drug-likeness (QED) is 0.896. The first-order valence-corrected chi connectivity index (χ1v) is 5.11. The fraction of sp³-hybridized carbons (Fsp3) is 0.273. The molecule has 2 aromatic rings. The van der Waals surface area contributed by atoms with Crippen LogP contribution in [0.1, 0.15) is 16.8 Å². The third-order valence-corrected chi connectivity index (χ3v) is 2.57. The van der Waals surface area contributed by atoms with Gasteiger partial charge in [-0.2, -0.15) is 18.3 Å². The van der Waals surface area contributed by atoms with E-state index < -0.39 is 11.7 Å². The van der Waals surface area contributed by atoms with Gasteiger partial charge in [-0.05, 0) is 19.1 Å². The molecular weight excluding hydrogens is 247 g/mol. The molecule has 1 N–H and O–H groups in total. The minimum Gasteiger partial charge on any atom is -0.392 e. The Hall–Kier alpha value is -1.89. The van der Waals surface area contributed by atoms with Crippen LogP contribution in [0.25, 0.3) is 5.82 Å². The highest BCUT2D eigenvalue weighted by Gasteiger charge is 2.30. The molecule has 0 aromatic carbocycles. The highest BCUT2D eigenvalue weighted by Crippen LogP contribution is 2.28. The van der Waals surface area contributed by atoms with Crippen molar-refractivity contribution < 1.29 is 18.3 Å². The Kier molecular flexibility index (Phi) is 3.08. The Morgan fingerprint density at radius 2 is 2.00 bits per heavy atom. The van der Waals surface area contributed by atoms with Gasteiger partial charge in [0, 0.05) is 17.5 Å². The van der Waals surface area contributed by atoms with E-state index in [9.17, 15) is 13.2 Å². The zero-order valence-electron chi connectivity index (χ0n) is 9.44. The fourth-order valence-corrected chi connectivity index (χ4v) is 1.51. The lowest BCUT2D eigenvalue weighted by atomic mass is 10.2. The van der Waals surface area contributed by atoms with Gasteiger partial charge in [0.1, 0.15) is 0 Å². The van der Waals surface area contributed by atoms with E-state index in [4.69, 9.17) is 5.11 Å². The summed E-state index contributed by atoms with van der Waals surface area (Å²) < 4.78 is 38.5. The molecular formula is C11H10F3N3O. The SMILES string of the molecule is Cc1c(CO)cnn1-c1ccc(C(F)(F)F)cn1. The van der Waals surface area contributed by atoms with Crippen molar-refractivity contribution in [2.75, 3.05) is 0 Å². The van der Waals surface area contributed by atoms with Gasteiger partial charge in [-0.15, -0.1) is 0 Å². The van der Waals surface area contributed by atoms with Crippen LogP contribution in [-0.2, 0) is 12.8 Å². The van der Waals surface area contributed by atoms with Gasteiger partial charge in [0.15, 0.2) is 5.82 Å². The summed E-state index contributed by atoms with van der Waals surface area (Å²) in [4.78, 5) is 3.72. The Balaban J connectivity index is 2.37. The fourth-order valence-electron chi connectivity index (χ4n) is 1.51. The van der Waals surface area contributed by atoms with Crippen LogP contribution in [0, 0.1) is 6.92 Å². The molecule has 7 heteroatoms. The van der Waals surface area contributed by atoms with Crippen molar-refractivity contribution in [2.45, 2.75) is 19.7 Å². The van der Waals surface area contributed by atoms with E-state index in [1.165, 1.54) is 16.9 Å². The molecule has 0 saturated heterocycles. The molecule has 0 unspecified atom stereocenters. The lowest BCUT2D eigenvalue weighted by Gasteiger charge is -2.08. The van der Waals surface area contributed by atoms with Gasteiger partial charge in [-0.1, -0.05) is 0 Å². The van der Waals surface area contributed by atoms with Gasteiger partial charge < -0.3 is 5.11 Å². The second-order valence-corrected chi connectivity index (χ2v) is 3.73. The molecule has 96 valence electrons. The van der Waals surface area contributed by atoms with Crippen molar-refractivity contribution in [3.63, 3.8) is 0 Å². The van der Waals surface area contributed by atoms with E-state index >= 15 is 0 Å². The third-order valence-electron chi connectivity index (χ3n) is 2.57. The van der Waals surface area contributed by atoms with Crippen molar-refractivity contribution >= 4 is 0 Å². The maximum atomic E-state index is 12.4. The van der Waals surface area contributed by atoms with Crippen LogP contribution in [0.2, 0.25) is 0 Å². The summed E-state index contributed by atoms with van der Waals surface area (Å²) in [5.74, 6) is 0.278. The molecule has 0 spiro atoms. The lowest BCUT2D eigenvalue weighted by molar-refractivity contribution is -0.137. The van der Waals surface area contributed by atoms with Crippen molar-refractivity contribution in [1.29, 1.82) is 0 Å². The van der Waals surface area contributed by atoms with Crippen molar-refractivity contribution in [2.24, 2.45) is 0 Å². The molecule has 2 aromatic heterocycles. The molecule has 0 bridgehead atoms. The van der Waals surface area contributed by atoms with E-state index in [0.29, 0.717) is 11.3 Å². The van der Waals surface area contributed by atoms with Crippen LogP contribution in [0.15, 0.2) is 24.5 Å². The number of halogens is 3. The Morgan fingerprint density at radius 1 is 1.28 bits per heavy atom. The van der Waals surface area contributed by atoms with Crippen molar-refractivity contribution in [3.8, 4) is 5.82 Å². The van der Waals surface area contributed by atoms with Crippen LogP contribution in [-0.4, -0.2) is 19.9 Å². The predicted molar refractivity (Wildman–Crippen MR) is 57.0 cm³/mol. The lowest BCUT2D eigenvalue weighted by Crippen LogP contribution is -2.08. The molecule has 2 heterocycles. The average Bonchev–Trinajstić information content (AvgIpc) is 2.69. The third kappa shape index (κ3) is 2.21. The molecule has 0 aliphatic carbocycles. The summed E-state index contributed by atoms with van der Waals surface area (Å²) >= 11 is 0. The number of nitrogens with zero attached hydrogens (tertiary/aromatic N) is 3. The highest BCUT2D eigenvalue weighted by atomic mass is 19.4. The zero-order chi connectivity index (χ0) is 13.3. The second kappa shape index (κ2) is 4.41. The first-order chi connectivity index (χ1) is 8.43. The van der Waals surface area contributed by atoms with E-state index in [2.05, 4.69) is 10.1 Å². The highest BCUT2D eigenvalue weighted by molar-refractivity contribution is 5.30. The van der Waals surface area contributed by atoms with E-state index in [1.54, 1.807) is 6.92 Å². The summed E-state index contributed by atoms with van der Waals surface area (Å²) in [5, 5.41) is 13.0.